The van der Waals surface area contributed by atoms with Gasteiger partial charge >= 0.3 is 0 Å². The molecule has 1 fully saturated rings. The van der Waals surface area contributed by atoms with Gasteiger partial charge in [-0.2, -0.15) is 0 Å². The molecular weight excluding hydrogens is 280 g/mol. The van der Waals surface area contributed by atoms with Crippen molar-refractivity contribution in [2.75, 3.05) is 5.32 Å². The molecule has 0 aliphatic heterocycles. The Kier molecular flexibility index (Phi) is 3.96. The first-order chi connectivity index (χ1) is 10.6. The van der Waals surface area contributed by atoms with Crippen LogP contribution in [0.15, 0.2) is 47.1 Å². The van der Waals surface area contributed by atoms with E-state index in [1.165, 1.54) is 6.26 Å². The molecule has 2 aromatic rings. The Labute approximate surface area is 128 Å². The lowest BCUT2D eigenvalue weighted by atomic mass is 10.1. The lowest BCUT2D eigenvalue weighted by Gasteiger charge is -2.14. The maximum Gasteiger partial charge on any atom is 0.287 e. The highest BCUT2D eigenvalue weighted by Gasteiger charge is 2.29. The van der Waals surface area contributed by atoms with Gasteiger partial charge < -0.3 is 15.1 Å². The van der Waals surface area contributed by atoms with Crippen molar-refractivity contribution < 1.29 is 14.0 Å². The molecule has 1 atom stereocenters. The predicted octanol–water partition coefficient (Wildman–Crippen LogP) is 3.12. The second-order valence-electron chi connectivity index (χ2n) is 5.56. The van der Waals surface area contributed by atoms with Crippen molar-refractivity contribution in [1.82, 2.24) is 5.32 Å². The third-order valence-corrected chi connectivity index (χ3v) is 3.72. The van der Waals surface area contributed by atoms with Crippen LogP contribution in [0.1, 0.15) is 41.9 Å². The Morgan fingerprint density at radius 2 is 1.91 bits per heavy atom. The second-order valence-corrected chi connectivity index (χ2v) is 5.56. The second kappa shape index (κ2) is 6.05. The average Bonchev–Trinajstić information content (AvgIpc) is 3.22. The summed E-state index contributed by atoms with van der Waals surface area (Å²) < 4.78 is 5.06. The molecule has 0 saturated heterocycles. The van der Waals surface area contributed by atoms with Gasteiger partial charge in [-0.1, -0.05) is 12.1 Å². The highest BCUT2D eigenvalue weighted by molar-refractivity contribution is 5.94. The molecule has 1 heterocycles. The van der Waals surface area contributed by atoms with Gasteiger partial charge in [0.1, 0.15) is 0 Å². The monoisotopic (exact) mass is 298 g/mol. The Balaban J connectivity index is 1.59. The number of benzene rings is 1. The fourth-order valence-electron chi connectivity index (χ4n) is 2.20. The molecule has 1 aromatic carbocycles. The smallest absolute Gasteiger partial charge is 0.287 e. The summed E-state index contributed by atoms with van der Waals surface area (Å²) in [5.41, 5.74) is 1.74. The van der Waals surface area contributed by atoms with Gasteiger partial charge in [-0.25, -0.2) is 0 Å². The Morgan fingerprint density at radius 1 is 1.18 bits per heavy atom. The molecule has 2 N–H and O–H groups in total. The Bertz CT molecular complexity index is 658. The van der Waals surface area contributed by atoms with Crippen molar-refractivity contribution in [3.05, 3.63) is 54.0 Å². The number of nitrogens with one attached hydrogen (secondary N) is 2. The molecule has 0 unspecified atom stereocenters. The average molecular weight is 298 g/mol. The third-order valence-electron chi connectivity index (χ3n) is 3.72. The molecular formula is C17H18N2O3. The number of hydrogen-bond donors (Lipinski definition) is 2. The maximum atomic E-state index is 11.9. The van der Waals surface area contributed by atoms with Gasteiger partial charge in [0.05, 0.1) is 12.3 Å². The van der Waals surface area contributed by atoms with E-state index in [0.717, 1.165) is 24.1 Å². The lowest BCUT2D eigenvalue weighted by molar-refractivity contribution is -0.117. The first-order valence-electron chi connectivity index (χ1n) is 7.38. The zero-order chi connectivity index (χ0) is 15.5. The molecule has 2 amide bonds. The normalized spacial score (nSPS) is 15.1. The van der Waals surface area contributed by atoms with E-state index in [0.29, 0.717) is 5.76 Å². The lowest BCUT2D eigenvalue weighted by Crippen LogP contribution is -2.26. The van der Waals surface area contributed by atoms with Crippen molar-refractivity contribution in [3.8, 4) is 0 Å². The van der Waals surface area contributed by atoms with E-state index >= 15 is 0 Å². The van der Waals surface area contributed by atoms with Gasteiger partial charge in [-0.3, -0.25) is 9.59 Å². The molecule has 1 aliphatic rings. The van der Waals surface area contributed by atoms with Crippen LogP contribution in [-0.4, -0.2) is 11.8 Å². The summed E-state index contributed by atoms with van der Waals surface area (Å²) in [5, 5.41) is 5.76. The molecule has 1 saturated carbocycles. The fourth-order valence-corrected chi connectivity index (χ4v) is 2.20. The molecule has 0 bridgehead atoms. The van der Waals surface area contributed by atoms with Crippen LogP contribution in [0, 0.1) is 5.92 Å². The maximum absolute atomic E-state index is 11.9. The molecule has 1 aromatic heterocycles. The van der Waals surface area contributed by atoms with Crippen molar-refractivity contribution in [3.63, 3.8) is 0 Å². The van der Waals surface area contributed by atoms with E-state index in [-0.39, 0.29) is 23.8 Å². The summed E-state index contributed by atoms with van der Waals surface area (Å²) in [6.07, 6.45) is 3.44. The summed E-state index contributed by atoms with van der Waals surface area (Å²) in [5.74, 6) is 0.321. The van der Waals surface area contributed by atoms with E-state index in [2.05, 4.69) is 10.6 Å². The molecule has 3 rings (SSSR count). The number of carbonyl (C=O) groups excluding carboxylic acids is 2. The minimum atomic E-state index is -0.247. The zero-order valence-corrected chi connectivity index (χ0v) is 12.3. The predicted molar refractivity (Wildman–Crippen MR) is 82.4 cm³/mol. The first kappa shape index (κ1) is 14.4. The van der Waals surface area contributed by atoms with E-state index in [1.54, 1.807) is 12.1 Å². The zero-order valence-electron chi connectivity index (χ0n) is 12.3. The van der Waals surface area contributed by atoms with Crippen LogP contribution in [0.4, 0.5) is 5.69 Å². The van der Waals surface area contributed by atoms with Gasteiger partial charge in [-0.15, -0.1) is 0 Å². The van der Waals surface area contributed by atoms with Crippen LogP contribution in [-0.2, 0) is 4.79 Å². The van der Waals surface area contributed by atoms with Crippen LogP contribution in [0.3, 0.4) is 0 Å². The van der Waals surface area contributed by atoms with Gasteiger partial charge in [0, 0.05) is 11.6 Å². The number of rotatable bonds is 5. The standard InChI is InChI=1S/C17H18N2O3/c1-11(18-17(21)15-3-2-10-22-15)12-6-8-14(9-7-12)19-16(20)13-4-5-13/h2-3,6-11,13H,4-5H2,1H3,(H,18,21)(H,19,20)/t11-/m0/s1. The number of hydrogen-bond acceptors (Lipinski definition) is 3. The van der Waals surface area contributed by atoms with Gasteiger partial charge in [-0.05, 0) is 49.6 Å². The Morgan fingerprint density at radius 3 is 2.50 bits per heavy atom. The quantitative estimate of drug-likeness (QED) is 0.891. The summed E-state index contributed by atoms with van der Waals surface area (Å²) in [4.78, 5) is 23.6. The number of amides is 2. The van der Waals surface area contributed by atoms with Crippen LogP contribution in [0.2, 0.25) is 0 Å². The minimum Gasteiger partial charge on any atom is -0.459 e. The van der Waals surface area contributed by atoms with E-state index in [1.807, 2.05) is 31.2 Å². The van der Waals surface area contributed by atoms with Crippen molar-refractivity contribution in [2.24, 2.45) is 5.92 Å². The largest absolute Gasteiger partial charge is 0.459 e. The Hall–Kier alpha value is -2.56. The molecule has 0 spiro atoms. The van der Waals surface area contributed by atoms with Crippen molar-refractivity contribution >= 4 is 17.5 Å². The summed E-state index contributed by atoms with van der Waals surface area (Å²) >= 11 is 0. The summed E-state index contributed by atoms with van der Waals surface area (Å²) in [6.45, 7) is 1.90. The van der Waals surface area contributed by atoms with E-state index in [9.17, 15) is 9.59 Å². The van der Waals surface area contributed by atoms with Crippen LogP contribution in [0.25, 0.3) is 0 Å². The van der Waals surface area contributed by atoms with E-state index < -0.39 is 0 Å². The molecule has 5 heteroatoms. The fraction of sp³-hybridized carbons (Fsp3) is 0.294. The minimum absolute atomic E-state index is 0.0897. The third kappa shape index (κ3) is 3.36. The highest BCUT2D eigenvalue weighted by atomic mass is 16.3. The molecule has 22 heavy (non-hydrogen) atoms. The molecule has 1 aliphatic carbocycles. The topological polar surface area (TPSA) is 71.3 Å². The first-order valence-corrected chi connectivity index (χ1v) is 7.38. The summed E-state index contributed by atoms with van der Waals surface area (Å²) in [6, 6.07) is 10.7. The summed E-state index contributed by atoms with van der Waals surface area (Å²) in [7, 11) is 0. The van der Waals surface area contributed by atoms with Crippen LogP contribution >= 0.6 is 0 Å². The van der Waals surface area contributed by atoms with Crippen molar-refractivity contribution in [1.29, 1.82) is 0 Å². The van der Waals surface area contributed by atoms with E-state index in [4.69, 9.17) is 4.42 Å². The SMILES string of the molecule is C[C@H](NC(=O)c1ccco1)c1ccc(NC(=O)C2CC2)cc1. The van der Waals surface area contributed by atoms with Crippen LogP contribution < -0.4 is 10.6 Å². The van der Waals surface area contributed by atoms with Gasteiger partial charge in [0.15, 0.2) is 5.76 Å². The molecule has 0 radical (unpaired) electrons. The highest BCUT2D eigenvalue weighted by Crippen LogP contribution is 2.30. The number of carbonyl (C=O) groups is 2. The number of anilines is 1. The van der Waals surface area contributed by atoms with Crippen molar-refractivity contribution in [2.45, 2.75) is 25.8 Å². The number of furan rings is 1. The van der Waals surface area contributed by atoms with Gasteiger partial charge in [0.2, 0.25) is 5.91 Å². The van der Waals surface area contributed by atoms with Crippen LogP contribution in [0.5, 0.6) is 0 Å². The molecule has 5 nitrogen and oxygen atoms in total. The van der Waals surface area contributed by atoms with Gasteiger partial charge in [0.25, 0.3) is 5.91 Å². The molecule has 114 valence electrons.